The summed E-state index contributed by atoms with van der Waals surface area (Å²) in [7, 11) is 0. The quantitative estimate of drug-likeness (QED) is 0.398. The van der Waals surface area contributed by atoms with Crippen molar-refractivity contribution in [1.82, 2.24) is 0 Å². The zero-order chi connectivity index (χ0) is 6.85. The highest BCUT2D eigenvalue weighted by Crippen LogP contribution is 2.17. The fourth-order valence-corrected chi connectivity index (χ4v) is 0.973. The summed E-state index contributed by atoms with van der Waals surface area (Å²) >= 11 is 0. The van der Waals surface area contributed by atoms with Crippen molar-refractivity contribution < 1.29 is 15.3 Å². The first-order chi connectivity index (χ1) is 4.22. The monoisotopic (exact) mass is 131 g/mol. The van der Waals surface area contributed by atoms with Crippen LogP contribution in [0.15, 0.2) is 0 Å². The Bertz CT molecular complexity index is 84.3. The first-order valence-corrected chi connectivity index (χ1v) is 3.07. The van der Waals surface area contributed by atoms with Gasteiger partial charge in [0, 0.05) is 0 Å². The summed E-state index contributed by atoms with van der Waals surface area (Å²) in [6.45, 7) is 0. The normalized spacial score (nSPS) is 45.0. The summed E-state index contributed by atoms with van der Waals surface area (Å²) in [5.74, 6) is 0. The highest BCUT2D eigenvalue weighted by Gasteiger charge is 2.28. The second kappa shape index (κ2) is 2.64. The van der Waals surface area contributed by atoms with Crippen LogP contribution >= 0.6 is 0 Å². The van der Waals surface area contributed by atoms with Crippen LogP contribution < -0.4 is 0 Å². The molecule has 2 atom stereocenters. The average Bonchev–Trinajstić information content (AvgIpc) is 1.83. The van der Waals surface area contributed by atoms with E-state index in [2.05, 4.69) is 0 Å². The van der Waals surface area contributed by atoms with E-state index in [1.54, 1.807) is 6.42 Å². The standard InChI is InChI=1S/C6H11O3/c7-4-2-1-3-5(8)6(4)9/h1,4-9H,2-3H2. The van der Waals surface area contributed by atoms with Crippen molar-refractivity contribution in [3.8, 4) is 0 Å². The Balaban J connectivity index is 2.41. The maximum atomic E-state index is 8.93. The minimum Gasteiger partial charge on any atom is -0.390 e. The lowest BCUT2D eigenvalue weighted by Crippen LogP contribution is -2.41. The minimum atomic E-state index is -0.949. The number of rotatable bonds is 0. The zero-order valence-electron chi connectivity index (χ0n) is 5.07. The van der Waals surface area contributed by atoms with Crippen molar-refractivity contribution in [2.75, 3.05) is 0 Å². The van der Waals surface area contributed by atoms with E-state index < -0.39 is 18.3 Å². The molecule has 53 valence electrons. The molecule has 0 heterocycles. The molecular formula is C6H11O3. The van der Waals surface area contributed by atoms with E-state index in [1.165, 1.54) is 0 Å². The van der Waals surface area contributed by atoms with E-state index in [4.69, 9.17) is 15.3 Å². The summed E-state index contributed by atoms with van der Waals surface area (Å²) < 4.78 is 0. The van der Waals surface area contributed by atoms with Crippen LogP contribution in [-0.4, -0.2) is 33.6 Å². The molecule has 2 unspecified atom stereocenters. The maximum absolute atomic E-state index is 8.93. The van der Waals surface area contributed by atoms with Gasteiger partial charge in [0.15, 0.2) is 0 Å². The van der Waals surface area contributed by atoms with Gasteiger partial charge in [0.2, 0.25) is 0 Å². The van der Waals surface area contributed by atoms with Gasteiger partial charge in [-0.3, -0.25) is 0 Å². The van der Waals surface area contributed by atoms with Gasteiger partial charge in [-0.1, -0.05) is 0 Å². The molecule has 0 saturated heterocycles. The van der Waals surface area contributed by atoms with E-state index in [1.807, 2.05) is 0 Å². The van der Waals surface area contributed by atoms with Gasteiger partial charge in [0.1, 0.15) is 6.10 Å². The Hall–Kier alpha value is -0.120. The highest BCUT2D eigenvalue weighted by atomic mass is 16.4. The number of hydrogen-bond acceptors (Lipinski definition) is 3. The number of hydrogen-bond donors (Lipinski definition) is 3. The number of aliphatic hydroxyl groups is 3. The summed E-state index contributed by atoms with van der Waals surface area (Å²) in [6, 6.07) is 0. The molecule has 3 heteroatoms. The predicted octanol–water partition coefficient (Wildman–Crippen LogP) is -0.933. The molecule has 0 aromatic carbocycles. The van der Waals surface area contributed by atoms with Crippen molar-refractivity contribution in [3.05, 3.63) is 6.42 Å². The van der Waals surface area contributed by atoms with Gasteiger partial charge in [-0.25, -0.2) is 0 Å². The predicted molar refractivity (Wildman–Crippen MR) is 31.6 cm³/mol. The molecule has 1 saturated carbocycles. The van der Waals surface area contributed by atoms with Crippen LogP contribution in [0.4, 0.5) is 0 Å². The molecule has 1 aliphatic carbocycles. The van der Waals surface area contributed by atoms with Crippen molar-refractivity contribution in [2.24, 2.45) is 0 Å². The average molecular weight is 131 g/mol. The lowest BCUT2D eigenvalue weighted by atomic mass is 9.92. The van der Waals surface area contributed by atoms with Crippen molar-refractivity contribution in [3.63, 3.8) is 0 Å². The molecule has 3 N–H and O–H groups in total. The van der Waals surface area contributed by atoms with Crippen LogP contribution in [0.2, 0.25) is 0 Å². The van der Waals surface area contributed by atoms with Gasteiger partial charge in [-0.15, -0.1) is 0 Å². The Morgan fingerprint density at radius 3 is 1.78 bits per heavy atom. The topological polar surface area (TPSA) is 60.7 Å². The molecule has 3 nitrogen and oxygen atoms in total. The molecule has 0 aromatic heterocycles. The largest absolute Gasteiger partial charge is 0.390 e. The van der Waals surface area contributed by atoms with Gasteiger partial charge in [-0.05, 0) is 19.3 Å². The van der Waals surface area contributed by atoms with Crippen molar-refractivity contribution in [2.45, 2.75) is 31.2 Å². The molecule has 1 aliphatic rings. The molecule has 0 aromatic rings. The second-order valence-electron chi connectivity index (χ2n) is 2.39. The van der Waals surface area contributed by atoms with Crippen LogP contribution in [0.3, 0.4) is 0 Å². The highest BCUT2D eigenvalue weighted by molar-refractivity contribution is 4.89. The Morgan fingerprint density at radius 2 is 1.44 bits per heavy atom. The van der Waals surface area contributed by atoms with E-state index in [9.17, 15) is 0 Å². The van der Waals surface area contributed by atoms with Gasteiger partial charge >= 0.3 is 0 Å². The first-order valence-electron chi connectivity index (χ1n) is 3.07. The summed E-state index contributed by atoms with van der Waals surface area (Å²) in [5.41, 5.74) is 0. The minimum absolute atomic E-state index is 0.484. The van der Waals surface area contributed by atoms with Crippen molar-refractivity contribution in [1.29, 1.82) is 0 Å². The van der Waals surface area contributed by atoms with E-state index in [-0.39, 0.29) is 0 Å². The first kappa shape index (κ1) is 6.99. The zero-order valence-corrected chi connectivity index (χ0v) is 5.07. The van der Waals surface area contributed by atoms with E-state index >= 15 is 0 Å². The molecule has 0 aliphatic heterocycles. The van der Waals surface area contributed by atoms with E-state index in [0.717, 1.165) is 0 Å². The van der Waals surface area contributed by atoms with Crippen LogP contribution in [0.25, 0.3) is 0 Å². The summed E-state index contributed by atoms with van der Waals surface area (Å²) in [5, 5.41) is 26.7. The van der Waals surface area contributed by atoms with Gasteiger partial charge < -0.3 is 15.3 Å². The fourth-order valence-electron chi connectivity index (χ4n) is 0.973. The van der Waals surface area contributed by atoms with Crippen molar-refractivity contribution >= 4 is 0 Å². The Kier molecular flexibility index (Phi) is 2.05. The number of aliphatic hydroxyl groups excluding tert-OH is 3. The molecule has 0 bridgehead atoms. The van der Waals surface area contributed by atoms with E-state index in [0.29, 0.717) is 12.8 Å². The SMILES string of the molecule is OC1C[CH]CC(O)C1O. The lowest BCUT2D eigenvalue weighted by Gasteiger charge is -2.27. The van der Waals surface area contributed by atoms with Gasteiger partial charge in [-0.2, -0.15) is 0 Å². The second-order valence-corrected chi connectivity index (χ2v) is 2.39. The van der Waals surface area contributed by atoms with Crippen LogP contribution in [0.5, 0.6) is 0 Å². The third-order valence-electron chi connectivity index (χ3n) is 1.60. The molecule has 1 rings (SSSR count). The third-order valence-corrected chi connectivity index (χ3v) is 1.60. The smallest absolute Gasteiger partial charge is 0.106 e. The van der Waals surface area contributed by atoms with Gasteiger partial charge in [0.25, 0.3) is 0 Å². The van der Waals surface area contributed by atoms with Crippen LogP contribution in [-0.2, 0) is 0 Å². The molecule has 0 spiro atoms. The Labute approximate surface area is 53.9 Å². The maximum Gasteiger partial charge on any atom is 0.106 e. The fraction of sp³-hybridized carbons (Fsp3) is 0.833. The molecule has 1 radical (unpaired) electrons. The lowest BCUT2D eigenvalue weighted by molar-refractivity contribution is -0.0726. The molecule has 1 fully saturated rings. The van der Waals surface area contributed by atoms with Crippen LogP contribution in [0.1, 0.15) is 12.8 Å². The molecule has 9 heavy (non-hydrogen) atoms. The third kappa shape index (κ3) is 1.41. The van der Waals surface area contributed by atoms with Gasteiger partial charge in [0.05, 0.1) is 12.2 Å². The molecular weight excluding hydrogens is 120 g/mol. The van der Waals surface area contributed by atoms with Crippen LogP contribution in [0, 0.1) is 6.42 Å². The Morgan fingerprint density at radius 1 is 1.00 bits per heavy atom. The summed E-state index contributed by atoms with van der Waals surface area (Å²) in [6.07, 6.45) is 0.260. The summed E-state index contributed by atoms with van der Waals surface area (Å²) in [4.78, 5) is 0. The molecule has 0 amide bonds.